The quantitative estimate of drug-likeness (QED) is 0.813. The van der Waals surface area contributed by atoms with Gasteiger partial charge in [0.25, 0.3) is 0 Å². The van der Waals surface area contributed by atoms with E-state index in [2.05, 4.69) is 10.1 Å². The van der Waals surface area contributed by atoms with Crippen LogP contribution in [0, 0.1) is 13.8 Å². The highest BCUT2D eigenvalue weighted by molar-refractivity contribution is 7.89. The molecular weight excluding hydrogens is 292 g/mol. The summed E-state index contributed by atoms with van der Waals surface area (Å²) in [5, 5.41) is 3.77. The molecule has 0 aliphatic carbocycles. The Balaban J connectivity index is 2.16. The topological polar surface area (TPSA) is 82.3 Å². The molecule has 0 aromatic carbocycles. The van der Waals surface area contributed by atoms with E-state index in [9.17, 15) is 8.42 Å². The number of ether oxygens (including phenoxy) is 1. The molecule has 7 heteroatoms. The Labute approximate surface area is 124 Å². The van der Waals surface area contributed by atoms with E-state index in [4.69, 9.17) is 9.26 Å². The first-order chi connectivity index (χ1) is 9.91. The minimum Gasteiger partial charge on any atom is -0.478 e. The fourth-order valence-corrected chi connectivity index (χ4v) is 3.54. The van der Waals surface area contributed by atoms with Crippen LogP contribution in [0.25, 0.3) is 0 Å². The highest BCUT2D eigenvalue weighted by Crippen LogP contribution is 2.18. The van der Waals surface area contributed by atoms with Gasteiger partial charge in [-0.05, 0) is 26.8 Å². The molecule has 2 rings (SSSR count). The van der Waals surface area contributed by atoms with Gasteiger partial charge in [-0.2, -0.15) is 0 Å². The molecule has 0 unspecified atom stereocenters. The summed E-state index contributed by atoms with van der Waals surface area (Å²) in [4.78, 5) is 4.18. The maximum Gasteiger partial charge on any atom is 0.213 e. The molecule has 0 saturated heterocycles. The minimum atomic E-state index is -3.35. The molecule has 0 N–H and O–H groups in total. The van der Waals surface area contributed by atoms with Gasteiger partial charge in [-0.1, -0.05) is 11.2 Å². The third-order valence-corrected chi connectivity index (χ3v) is 4.45. The number of sulfone groups is 1. The average molecular weight is 310 g/mol. The third-order valence-electron chi connectivity index (χ3n) is 2.99. The van der Waals surface area contributed by atoms with Crippen LogP contribution in [0.1, 0.15) is 29.6 Å². The first kappa shape index (κ1) is 15.5. The van der Waals surface area contributed by atoms with Crippen LogP contribution in [0.15, 0.2) is 22.7 Å². The lowest BCUT2D eigenvalue weighted by Gasteiger charge is -2.06. The van der Waals surface area contributed by atoms with Crippen LogP contribution >= 0.6 is 0 Å². The van der Waals surface area contributed by atoms with Crippen molar-refractivity contribution in [3.05, 3.63) is 40.9 Å². The highest BCUT2D eigenvalue weighted by Gasteiger charge is 2.20. The SMILES string of the molecule is CCOc1cccc(CS(=O)(=O)Cc2c(C)noc2C)n1. The van der Waals surface area contributed by atoms with Crippen LogP contribution < -0.4 is 4.74 Å². The summed E-state index contributed by atoms with van der Waals surface area (Å²) < 4.78 is 34.8. The van der Waals surface area contributed by atoms with Gasteiger partial charge in [0.15, 0.2) is 9.84 Å². The molecule has 0 bridgehead atoms. The van der Waals surface area contributed by atoms with E-state index in [1.165, 1.54) is 0 Å². The lowest BCUT2D eigenvalue weighted by Crippen LogP contribution is -2.10. The number of pyridine rings is 1. The zero-order valence-electron chi connectivity index (χ0n) is 12.3. The summed E-state index contributed by atoms with van der Waals surface area (Å²) in [7, 11) is -3.35. The number of hydrogen-bond donors (Lipinski definition) is 0. The van der Waals surface area contributed by atoms with Gasteiger partial charge in [0.1, 0.15) is 5.76 Å². The van der Waals surface area contributed by atoms with Gasteiger partial charge in [-0.25, -0.2) is 13.4 Å². The largest absolute Gasteiger partial charge is 0.478 e. The third kappa shape index (κ3) is 4.04. The van der Waals surface area contributed by atoms with Crippen LogP contribution in [-0.4, -0.2) is 25.2 Å². The molecule has 0 saturated carbocycles. The normalized spacial score (nSPS) is 11.6. The monoisotopic (exact) mass is 310 g/mol. The lowest BCUT2D eigenvalue weighted by atomic mass is 10.2. The van der Waals surface area contributed by atoms with Crippen molar-refractivity contribution in [1.82, 2.24) is 10.1 Å². The molecule has 0 radical (unpaired) electrons. The van der Waals surface area contributed by atoms with E-state index >= 15 is 0 Å². The Kier molecular flexibility index (Phi) is 4.62. The molecule has 0 atom stereocenters. The smallest absolute Gasteiger partial charge is 0.213 e. The Bertz CT molecular complexity index is 703. The van der Waals surface area contributed by atoms with E-state index in [-0.39, 0.29) is 11.5 Å². The molecule has 21 heavy (non-hydrogen) atoms. The van der Waals surface area contributed by atoms with Gasteiger partial charge >= 0.3 is 0 Å². The maximum absolute atomic E-state index is 12.3. The summed E-state index contributed by atoms with van der Waals surface area (Å²) in [5.41, 5.74) is 1.69. The summed E-state index contributed by atoms with van der Waals surface area (Å²) in [5.74, 6) is 0.724. The summed E-state index contributed by atoms with van der Waals surface area (Å²) in [6.07, 6.45) is 0. The van der Waals surface area contributed by atoms with E-state index < -0.39 is 9.84 Å². The predicted octanol–water partition coefficient (Wildman–Crippen LogP) is 2.20. The molecule has 0 amide bonds. The summed E-state index contributed by atoms with van der Waals surface area (Å²) >= 11 is 0. The van der Waals surface area contributed by atoms with Crippen molar-refractivity contribution in [3.8, 4) is 5.88 Å². The molecule has 114 valence electrons. The van der Waals surface area contributed by atoms with Crippen molar-refractivity contribution in [2.75, 3.05) is 6.61 Å². The number of nitrogens with zero attached hydrogens (tertiary/aromatic N) is 2. The van der Waals surface area contributed by atoms with Crippen LogP contribution in [0.5, 0.6) is 5.88 Å². The van der Waals surface area contributed by atoms with Crippen molar-refractivity contribution in [2.45, 2.75) is 32.3 Å². The second-order valence-corrected chi connectivity index (χ2v) is 6.80. The Morgan fingerprint density at radius 1 is 1.24 bits per heavy atom. The molecule has 0 aliphatic heterocycles. The second kappa shape index (κ2) is 6.26. The second-order valence-electron chi connectivity index (χ2n) is 4.74. The van der Waals surface area contributed by atoms with Crippen molar-refractivity contribution in [3.63, 3.8) is 0 Å². The standard InChI is InChI=1S/C14H18N2O4S/c1-4-19-14-7-5-6-12(15-14)8-21(17,18)9-13-10(2)16-20-11(13)3/h5-7H,4,8-9H2,1-3H3. The van der Waals surface area contributed by atoms with Gasteiger partial charge in [-0.3, -0.25) is 0 Å². The van der Waals surface area contributed by atoms with Crippen molar-refractivity contribution in [2.24, 2.45) is 0 Å². The number of hydrogen-bond acceptors (Lipinski definition) is 6. The van der Waals surface area contributed by atoms with Crippen molar-refractivity contribution >= 4 is 9.84 Å². The van der Waals surface area contributed by atoms with Gasteiger partial charge in [0.2, 0.25) is 5.88 Å². The number of aryl methyl sites for hydroxylation is 2. The predicted molar refractivity (Wildman–Crippen MR) is 77.7 cm³/mol. The first-order valence-corrected chi connectivity index (χ1v) is 8.44. The average Bonchev–Trinajstić information content (AvgIpc) is 2.70. The van der Waals surface area contributed by atoms with Crippen LogP contribution in [0.2, 0.25) is 0 Å². The molecule has 6 nitrogen and oxygen atoms in total. The molecule has 0 spiro atoms. The van der Waals surface area contributed by atoms with Crippen LogP contribution in [-0.2, 0) is 21.3 Å². The van der Waals surface area contributed by atoms with E-state index in [0.717, 1.165) is 0 Å². The van der Waals surface area contributed by atoms with E-state index in [0.29, 0.717) is 35.2 Å². The summed E-state index contributed by atoms with van der Waals surface area (Å²) in [6, 6.07) is 5.11. The molecular formula is C14H18N2O4S. The zero-order chi connectivity index (χ0) is 15.5. The van der Waals surface area contributed by atoms with Crippen LogP contribution in [0.3, 0.4) is 0 Å². The van der Waals surface area contributed by atoms with Gasteiger partial charge < -0.3 is 9.26 Å². The Morgan fingerprint density at radius 3 is 2.62 bits per heavy atom. The van der Waals surface area contributed by atoms with Gasteiger partial charge in [0.05, 0.1) is 29.5 Å². The molecule has 0 aliphatic rings. The number of aromatic nitrogens is 2. The Hall–Kier alpha value is -1.89. The van der Waals surface area contributed by atoms with E-state index in [1.807, 2.05) is 6.92 Å². The van der Waals surface area contributed by atoms with Crippen molar-refractivity contribution < 1.29 is 17.7 Å². The fraction of sp³-hybridized carbons (Fsp3) is 0.429. The maximum atomic E-state index is 12.3. The highest BCUT2D eigenvalue weighted by atomic mass is 32.2. The van der Waals surface area contributed by atoms with Crippen LogP contribution in [0.4, 0.5) is 0 Å². The zero-order valence-corrected chi connectivity index (χ0v) is 13.1. The van der Waals surface area contributed by atoms with Gasteiger partial charge in [0, 0.05) is 11.6 Å². The number of rotatable bonds is 6. The summed E-state index contributed by atoms with van der Waals surface area (Å²) in [6.45, 7) is 5.78. The molecule has 0 fully saturated rings. The Morgan fingerprint density at radius 2 is 2.00 bits per heavy atom. The molecule has 2 aromatic rings. The molecule has 2 aromatic heterocycles. The van der Waals surface area contributed by atoms with Crippen molar-refractivity contribution in [1.29, 1.82) is 0 Å². The van der Waals surface area contributed by atoms with E-state index in [1.54, 1.807) is 32.0 Å². The first-order valence-electron chi connectivity index (χ1n) is 6.62. The molecule has 2 heterocycles. The fourth-order valence-electron chi connectivity index (χ4n) is 1.97. The lowest BCUT2D eigenvalue weighted by molar-refractivity contribution is 0.326. The van der Waals surface area contributed by atoms with Gasteiger partial charge in [-0.15, -0.1) is 0 Å². The minimum absolute atomic E-state index is 0.102.